The molecule has 0 aliphatic carbocycles. The normalized spacial score (nSPS) is 12.5. The first kappa shape index (κ1) is 16.8. The molecule has 1 amide bonds. The highest BCUT2D eigenvalue weighted by molar-refractivity contribution is 7.20. The van der Waals surface area contributed by atoms with E-state index in [1.54, 1.807) is 18.3 Å². The molecule has 3 aromatic heterocycles. The van der Waals surface area contributed by atoms with Crippen LogP contribution in [-0.2, 0) is 0 Å². The SMILES string of the molecule is CC[C@H](NC(=O)c1sc2nc[nH]c(=O)c2c1C)c1nc(C)c(C)s1. The Morgan fingerprint density at radius 1 is 1.33 bits per heavy atom. The Hall–Kier alpha value is -2.06. The number of hydrogen-bond donors (Lipinski definition) is 2. The number of thiazole rings is 1. The molecule has 0 saturated carbocycles. The highest BCUT2D eigenvalue weighted by atomic mass is 32.1. The van der Waals surface area contributed by atoms with Crippen molar-refractivity contribution in [3.63, 3.8) is 0 Å². The number of nitrogens with one attached hydrogen (secondary N) is 2. The topological polar surface area (TPSA) is 87.7 Å². The molecule has 1 atom stereocenters. The maximum atomic E-state index is 12.7. The Morgan fingerprint density at radius 3 is 2.67 bits per heavy atom. The quantitative estimate of drug-likeness (QED) is 0.746. The molecule has 6 nitrogen and oxygen atoms in total. The summed E-state index contributed by atoms with van der Waals surface area (Å²) in [5, 5.41) is 4.44. The molecule has 0 aliphatic rings. The van der Waals surface area contributed by atoms with Gasteiger partial charge in [-0.1, -0.05) is 6.92 Å². The molecule has 0 spiro atoms. The van der Waals surface area contributed by atoms with Crippen molar-refractivity contribution in [1.29, 1.82) is 0 Å². The van der Waals surface area contributed by atoms with Gasteiger partial charge in [-0.2, -0.15) is 0 Å². The summed E-state index contributed by atoms with van der Waals surface area (Å²) in [6.07, 6.45) is 2.11. The molecule has 3 heterocycles. The van der Waals surface area contributed by atoms with Crippen LogP contribution in [0.2, 0.25) is 0 Å². The summed E-state index contributed by atoms with van der Waals surface area (Å²) in [4.78, 5) is 38.2. The lowest BCUT2D eigenvalue weighted by molar-refractivity contribution is 0.0939. The zero-order valence-electron chi connectivity index (χ0n) is 13.9. The van der Waals surface area contributed by atoms with E-state index < -0.39 is 0 Å². The molecule has 0 aromatic carbocycles. The summed E-state index contributed by atoms with van der Waals surface area (Å²) in [6, 6.07) is -0.134. The van der Waals surface area contributed by atoms with E-state index >= 15 is 0 Å². The Balaban J connectivity index is 1.93. The molecule has 0 radical (unpaired) electrons. The number of aryl methyl sites for hydroxylation is 3. The van der Waals surface area contributed by atoms with E-state index in [-0.39, 0.29) is 17.5 Å². The zero-order chi connectivity index (χ0) is 17.4. The van der Waals surface area contributed by atoms with Gasteiger partial charge in [0.2, 0.25) is 0 Å². The molecule has 0 saturated heterocycles. The molecule has 0 fully saturated rings. The Labute approximate surface area is 147 Å². The second kappa shape index (κ2) is 6.45. The molecule has 3 rings (SSSR count). The first-order valence-electron chi connectivity index (χ1n) is 7.64. The summed E-state index contributed by atoms with van der Waals surface area (Å²) < 4.78 is 0. The molecule has 24 heavy (non-hydrogen) atoms. The van der Waals surface area contributed by atoms with Gasteiger partial charge < -0.3 is 10.3 Å². The third-order valence-corrected chi connectivity index (χ3v) is 6.38. The van der Waals surface area contributed by atoms with E-state index in [1.165, 1.54) is 17.7 Å². The van der Waals surface area contributed by atoms with E-state index in [9.17, 15) is 9.59 Å². The molecule has 126 valence electrons. The monoisotopic (exact) mass is 362 g/mol. The van der Waals surface area contributed by atoms with Crippen LogP contribution in [0.15, 0.2) is 11.1 Å². The smallest absolute Gasteiger partial charge is 0.262 e. The Bertz CT molecular complexity index is 951. The Morgan fingerprint density at radius 2 is 2.08 bits per heavy atom. The van der Waals surface area contributed by atoms with Crippen LogP contribution in [0.4, 0.5) is 0 Å². The molecular formula is C16H18N4O2S2. The van der Waals surface area contributed by atoms with Crippen molar-refractivity contribution in [2.24, 2.45) is 0 Å². The molecule has 2 N–H and O–H groups in total. The summed E-state index contributed by atoms with van der Waals surface area (Å²) >= 11 is 2.85. The second-order valence-electron chi connectivity index (χ2n) is 5.60. The van der Waals surface area contributed by atoms with Crippen LogP contribution >= 0.6 is 22.7 Å². The summed E-state index contributed by atoms with van der Waals surface area (Å²) in [6.45, 7) is 7.79. The average Bonchev–Trinajstić information content (AvgIpc) is 3.06. The molecule has 0 unspecified atom stereocenters. The Kier molecular flexibility index (Phi) is 4.51. The van der Waals surface area contributed by atoms with Crippen molar-refractivity contribution in [2.45, 2.75) is 40.2 Å². The number of H-pyrrole nitrogens is 1. The fourth-order valence-corrected chi connectivity index (χ4v) is 4.61. The number of nitrogens with zero attached hydrogens (tertiary/aromatic N) is 2. The number of aromatic amines is 1. The minimum atomic E-state index is -0.217. The highest BCUT2D eigenvalue weighted by Gasteiger charge is 2.22. The maximum absolute atomic E-state index is 12.7. The third-order valence-electron chi connectivity index (χ3n) is 4.00. The van der Waals surface area contributed by atoms with Crippen molar-refractivity contribution in [2.75, 3.05) is 0 Å². The summed E-state index contributed by atoms with van der Waals surface area (Å²) in [5.74, 6) is -0.188. The number of amides is 1. The van der Waals surface area contributed by atoms with Gasteiger partial charge in [0.15, 0.2) is 0 Å². The predicted molar refractivity (Wildman–Crippen MR) is 97.1 cm³/mol. The van der Waals surface area contributed by atoms with Crippen molar-refractivity contribution in [1.82, 2.24) is 20.3 Å². The van der Waals surface area contributed by atoms with Gasteiger partial charge in [-0.3, -0.25) is 9.59 Å². The molecule has 0 bridgehead atoms. The van der Waals surface area contributed by atoms with Gasteiger partial charge in [-0.25, -0.2) is 9.97 Å². The second-order valence-corrected chi connectivity index (χ2v) is 7.83. The first-order valence-corrected chi connectivity index (χ1v) is 9.27. The number of aromatic nitrogens is 3. The number of hydrogen-bond acceptors (Lipinski definition) is 6. The number of carbonyl (C=O) groups excluding carboxylic acids is 1. The minimum Gasteiger partial charge on any atom is -0.342 e. The van der Waals surface area contributed by atoms with Gasteiger partial charge in [0, 0.05) is 4.88 Å². The van der Waals surface area contributed by atoms with Crippen LogP contribution in [-0.4, -0.2) is 20.9 Å². The standard InChI is InChI=1S/C16H18N4O2S2/c1-5-10(15-19-8(3)9(4)23-15)20-14(22)12-7(2)11-13(21)17-6-18-16(11)24-12/h6,10H,5H2,1-4H3,(H,20,22)(H,17,18,21)/t10-/m0/s1. The van der Waals surface area contributed by atoms with Gasteiger partial charge in [0.1, 0.15) is 9.84 Å². The molecular weight excluding hydrogens is 344 g/mol. The predicted octanol–water partition coefficient (Wildman–Crippen LogP) is 3.25. The summed E-state index contributed by atoms with van der Waals surface area (Å²) in [5.41, 5.74) is 1.45. The highest BCUT2D eigenvalue weighted by Crippen LogP contribution is 2.29. The van der Waals surface area contributed by atoms with Gasteiger partial charge in [-0.05, 0) is 32.8 Å². The zero-order valence-corrected chi connectivity index (χ0v) is 15.5. The van der Waals surface area contributed by atoms with Gasteiger partial charge in [0.05, 0.1) is 28.3 Å². The van der Waals surface area contributed by atoms with E-state index in [0.717, 1.165) is 22.0 Å². The molecule has 8 heteroatoms. The van der Waals surface area contributed by atoms with Crippen LogP contribution in [0.1, 0.15) is 50.2 Å². The van der Waals surface area contributed by atoms with Gasteiger partial charge >= 0.3 is 0 Å². The van der Waals surface area contributed by atoms with Crippen LogP contribution in [0, 0.1) is 20.8 Å². The van der Waals surface area contributed by atoms with Crippen LogP contribution in [0.5, 0.6) is 0 Å². The lowest BCUT2D eigenvalue weighted by Crippen LogP contribution is -2.28. The third kappa shape index (κ3) is 2.87. The number of fused-ring (bicyclic) bond motifs is 1. The van der Waals surface area contributed by atoms with Crippen LogP contribution in [0.25, 0.3) is 10.2 Å². The largest absolute Gasteiger partial charge is 0.342 e. The molecule has 0 aliphatic heterocycles. The van der Waals surface area contributed by atoms with E-state index in [1.807, 2.05) is 20.8 Å². The van der Waals surface area contributed by atoms with Crippen LogP contribution < -0.4 is 10.9 Å². The van der Waals surface area contributed by atoms with Crippen LogP contribution in [0.3, 0.4) is 0 Å². The van der Waals surface area contributed by atoms with Gasteiger partial charge in [-0.15, -0.1) is 22.7 Å². The number of rotatable bonds is 4. The van der Waals surface area contributed by atoms with E-state index in [4.69, 9.17) is 0 Å². The first-order chi connectivity index (χ1) is 11.4. The summed E-state index contributed by atoms with van der Waals surface area (Å²) in [7, 11) is 0. The molecule has 3 aromatic rings. The lowest BCUT2D eigenvalue weighted by atomic mass is 10.2. The average molecular weight is 362 g/mol. The minimum absolute atomic E-state index is 0.134. The number of thiophene rings is 1. The van der Waals surface area contributed by atoms with E-state index in [2.05, 4.69) is 20.3 Å². The van der Waals surface area contributed by atoms with Crippen molar-refractivity contribution in [3.05, 3.63) is 42.7 Å². The fraction of sp³-hybridized carbons (Fsp3) is 0.375. The van der Waals surface area contributed by atoms with Crippen molar-refractivity contribution in [3.8, 4) is 0 Å². The van der Waals surface area contributed by atoms with E-state index in [0.29, 0.717) is 20.7 Å². The fourth-order valence-electron chi connectivity index (χ4n) is 2.50. The van der Waals surface area contributed by atoms with Crippen molar-refractivity contribution >= 4 is 38.8 Å². The maximum Gasteiger partial charge on any atom is 0.262 e. The van der Waals surface area contributed by atoms with Crippen molar-refractivity contribution < 1.29 is 4.79 Å². The number of carbonyl (C=O) groups is 1. The lowest BCUT2D eigenvalue weighted by Gasteiger charge is -2.14. The van der Waals surface area contributed by atoms with Gasteiger partial charge in [0.25, 0.3) is 11.5 Å².